The number of amides is 2. The summed E-state index contributed by atoms with van der Waals surface area (Å²) in [5, 5.41) is 15.7. The van der Waals surface area contributed by atoms with Gasteiger partial charge >= 0.3 is 5.97 Å². The Morgan fingerprint density at radius 2 is 1.69 bits per heavy atom. The molecule has 2 aromatic rings. The molecular formula is C17H15N3O6. The van der Waals surface area contributed by atoms with Crippen LogP contribution in [0.15, 0.2) is 48.5 Å². The Balaban J connectivity index is 2.09. The first kappa shape index (κ1) is 18.6. The number of nitrogens with one attached hydrogen (secondary N) is 2. The number of anilines is 1. The molecule has 0 heterocycles. The molecule has 2 amide bonds. The van der Waals surface area contributed by atoms with Crippen LogP contribution in [0.4, 0.5) is 11.4 Å². The lowest BCUT2D eigenvalue weighted by Crippen LogP contribution is -2.30. The van der Waals surface area contributed by atoms with Gasteiger partial charge in [-0.05, 0) is 24.3 Å². The fraction of sp³-hybridized carbons (Fsp3) is 0.118. The summed E-state index contributed by atoms with van der Waals surface area (Å²) in [5.74, 6) is -1.66. The second-order valence-corrected chi connectivity index (χ2v) is 5.10. The average Bonchev–Trinajstić information content (AvgIpc) is 2.66. The molecule has 0 aliphatic rings. The highest BCUT2D eigenvalue weighted by molar-refractivity contribution is 6.05. The summed E-state index contributed by atoms with van der Waals surface area (Å²) < 4.78 is 4.43. The summed E-state index contributed by atoms with van der Waals surface area (Å²) in [6.45, 7) is -0.278. The lowest BCUT2D eigenvalue weighted by Gasteiger charge is -2.08. The van der Waals surface area contributed by atoms with Crippen LogP contribution < -0.4 is 10.6 Å². The molecule has 0 aliphatic carbocycles. The third-order valence-corrected chi connectivity index (χ3v) is 3.32. The van der Waals surface area contributed by atoms with Gasteiger partial charge in [0.2, 0.25) is 0 Å². The van der Waals surface area contributed by atoms with Crippen molar-refractivity contribution in [2.45, 2.75) is 0 Å². The van der Waals surface area contributed by atoms with Crippen molar-refractivity contribution in [2.24, 2.45) is 0 Å². The second kappa shape index (κ2) is 8.38. The van der Waals surface area contributed by atoms with Crippen molar-refractivity contribution in [1.82, 2.24) is 5.32 Å². The molecule has 2 aromatic carbocycles. The molecule has 0 spiro atoms. The summed E-state index contributed by atoms with van der Waals surface area (Å²) in [5.41, 5.74) is 0.464. The van der Waals surface area contributed by atoms with Gasteiger partial charge in [0.05, 0.1) is 12.0 Å². The molecule has 26 heavy (non-hydrogen) atoms. The van der Waals surface area contributed by atoms with Gasteiger partial charge in [0.25, 0.3) is 17.5 Å². The highest BCUT2D eigenvalue weighted by Gasteiger charge is 2.13. The zero-order valence-corrected chi connectivity index (χ0v) is 13.7. The Kier molecular flexibility index (Phi) is 5.99. The summed E-state index contributed by atoms with van der Waals surface area (Å²) in [7, 11) is 1.21. The monoisotopic (exact) mass is 357 g/mol. The molecule has 0 aliphatic heterocycles. The van der Waals surface area contributed by atoms with Gasteiger partial charge in [-0.25, -0.2) is 0 Å². The van der Waals surface area contributed by atoms with Gasteiger partial charge in [0, 0.05) is 28.9 Å². The molecule has 9 heteroatoms. The van der Waals surface area contributed by atoms with Gasteiger partial charge in [0.1, 0.15) is 6.54 Å². The number of methoxy groups -OCH3 is 1. The van der Waals surface area contributed by atoms with E-state index in [0.717, 1.165) is 6.07 Å². The van der Waals surface area contributed by atoms with E-state index < -0.39 is 22.7 Å². The maximum Gasteiger partial charge on any atom is 0.325 e. The van der Waals surface area contributed by atoms with Gasteiger partial charge in [-0.3, -0.25) is 24.5 Å². The number of carbonyl (C=O) groups excluding carboxylic acids is 3. The van der Waals surface area contributed by atoms with Crippen molar-refractivity contribution in [3.8, 4) is 0 Å². The van der Waals surface area contributed by atoms with Gasteiger partial charge < -0.3 is 15.4 Å². The van der Waals surface area contributed by atoms with Crippen molar-refractivity contribution in [1.29, 1.82) is 0 Å². The summed E-state index contributed by atoms with van der Waals surface area (Å²) in [6.07, 6.45) is 0. The number of esters is 1. The van der Waals surface area contributed by atoms with E-state index in [1.165, 1.54) is 37.4 Å². The highest BCUT2D eigenvalue weighted by atomic mass is 16.6. The first-order chi connectivity index (χ1) is 12.4. The molecule has 2 rings (SSSR count). The number of rotatable bonds is 6. The van der Waals surface area contributed by atoms with Crippen LogP contribution in [0.3, 0.4) is 0 Å². The highest BCUT2D eigenvalue weighted by Crippen LogP contribution is 2.16. The number of nitrogens with zero attached hydrogens (tertiary/aromatic N) is 1. The standard InChI is InChI=1S/C17H15N3O6/c1-26-15(21)10-18-16(22)11-4-2-6-13(8-11)19-17(23)12-5-3-7-14(9-12)20(24)25/h2-9H,10H2,1H3,(H,18,22)(H,19,23). The number of benzene rings is 2. The summed E-state index contributed by atoms with van der Waals surface area (Å²) in [4.78, 5) is 45.5. The van der Waals surface area contributed by atoms with Crippen molar-refractivity contribution >= 4 is 29.2 Å². The minimum atomic E-state index is -0.594. The quantitative estimate of drug-likeness (QED) is 0.460. The maximum atomic E-state index is 12.2. The molecule has 0 aromatic heterocycles. The summed E-state index contributed by atoms with van der Waals surface area (Å²) in [6, 6.07) is 11.3. The zero-order chi connectivity index (χ0) is 19.1. The van der Waals surface area contributed by atoms with Gasteiger partial charge in [-0.2, -0.15) is 0 Å². The third-order valence-electron chi connectivity index (χ3n) is 3.32. The number of hydrogen-bond donors (Lipinski definition) is 2. The third kappa shape index (κ3) is 4.87. The average molecular weight is 357 g/mol. The topological polar surface area (TPSA) is 128 Å². The molecule has 0 fully saturated rings. The van der Waals surface area contributed by atoms with E-state index in [1.807, 2.05) is 0 Å². The fourth-order valence-electron chi connectivity index (χ4n) is 2.03. The van der Waals surface area contributed by atoms with E-state index >= 15 is 0 Å². The maximum absolute atomic E-state index is 12.2. The smallest absolute Gasteiger partial charge is 0.325 e. The molecule has 134 valence electrons. The predicted octanol–water partition coefficient (Wildman–Crippen LogP) is 1.75. The molecule has 9 nitrogen and oxygen atoms in total. The number of ether oxygens (including phenoxy) is 1. The molecule has 0 bridgehead atoms. The minimum Gasteiger partial charge on any atom is -0.468 e. The Morgan fingerprint density at radius 3 is 2.35 bits per heavy atom. The number of nitro benzene ring substituents is 1. The van der Waals surface area contributed by atoms with Gasteiger partial charge in [-0.15, -0.1) is 0 Å². The normalized spacial score (nSPS) is 9.88. The van der Waals surface area contributed by atoms with Crippen LogP contribution in [0.25, 0.3) is 0 Å². The largest absolute Gasteiger partial charge is 0.468 e. The number of carbonyl (C=O) groups is 3. The lowest BCUT2D eigenvalue weighted by atomic mass is 10.1. The Labute approximate surface area is 148 Å². The Bertz CT molecular complexity index is 865. The fourth-order valence-corrected chi connectivity index (χ4v) is 2.03. The van der Waals surface area contributed by atoms with Gasteiger partial charge in [0.15, 0.2) is 0 Å². The van der Waals surface area contributed by atoms with Crippen molar-refractivity contribution in [3.63, 3.8) is 0 Å². The van der Waals surface area contributed by atoms with E-state index in [-0.39, 0.29) is 23.4 Å². The van der Waals surface area contributed by atoms with Crippen molar-refractivity contribution < 1.29 is 24.0 Å². The SMILES string of the molecule is COC(=O)CNC(=O)c1cccc(NC(=O)c2cccc([N+](=O)[O-])c2)c1. The van der Waals surface area contributed by atoms with E-state index in [9.17, 15) is 24.5 Å². The van der Waals surface area contributed by atoms with Crippen LogP contribution in [0, 0.1) is 10.1 Å². The molecule has 0 radical (unpaired) electrons. The predicted molar refractivity (Wildman–Crippen MR) is 91.8 cm³/mol. The van der Waals surface area contributed by atoms with E-state index in [0.29, 0.717) is 5.69 Å². The van der Waals surface area contributed by atoms with E-state index in [4.69, 9.17) is 0 Å². The van der Waals surface area contributed by atoms with Crippen LogP contribution >= 0.6 is 0 Å². The van der Waals surface area contributed by atoms with Crippen molar-refractivity contribution in [2.75, 3.05) is 19.0 Å². The van der Waals surface area contributed by atoms with Crippen molar-refractivity contribution in [3.05, 3.63) is 69.8 Å². The van der Waals surface area contributed by atoms with Crippen LogP contribution in [0.5, 0.6) is 0 Å². The molecule has 0 saturated carbocycles. The zero-order valence-electron chi connectivity index (χ0n) is 13.7. The first-order valence-electron chi connectivity index (χ1n) is 7.41. The van der Waals surface area contributed by atoms with Crippen LogP contribution in [0.2, 0.25) is 0 Å². The Morgan fingerprint density at radius 1 is 1.04 bits per heavy atom. The summed E-state index contributed by atoms with van der Waals surface area (Å²) >= 11 is 0. The van der Waals surface area contributed by atoms with Crippen LogP contribution in [-0.2, 0) is 9.53 Å². The molecule has 0 unspecified atom stereocenters. The molecule has 2 N–H and O–H groups in total. The second-order valence-electron chi connectivity index (χ2n) is 5.10. The lowest BCUT2D eigenvalue weighted by molar-refractivity contribution is -0.384. The molecule has 0 saturated heterocycles. The molecular weight excluding hydrogens is 342 g/mol. The van der Waals surface area contributed by atoms with Crippen LogP contribution in [-0.4, -0.2) is 36.4 Å². The van der Waals surface area contributed by atoms with E-state index in [2.05, 4.69) is 15.4 Å². The molecule has 0 atom stereocenters. The Hall–Kier alpha value is -3.75. The first-order valence-corrected chi connectivity index (χ1v) is 7.41. The minimum absolute atomic E-state index is 0.111. The number of nitro groups is 1. The number of non-ortho nitro benzene ring substituents is 1. The van der Waals surface area contributed by atoms with E-state index in [1.54, 1.807) is 12.1 Å². The van der Waals surface area contributed by atoms with Gasteiger partial charge in [-0.1, -0.05) is 12.1 Å². The number of hydrogen-bond acceptors (Lipinski definition) is 6. The van der Waals surface area contributed by atoms with Crippen LogP contribution in [0.1, 0.15) is 20.7 Å².